The first kappa shape index (κ1) is 10.7. The van der Waals surface area contributed by atoms with Crippen molar-refractivity contribution in [1.29, 1.82) is 0 Å². The third-order valence-corrected chi connectivity index (χ3v) is 2.70. The quantitative estimate of drug-likeness (QED) is 0.698. The van der Waals surface area contributed by atoms with Crippen LogP contribution in [0.1, 0.15) is 25.0 Å². The zero-order valence-electron chi connectivity index (χ0n) is 9.58. The summed E-state index contributed by atoms with van der Waals surface area (Å²) in [6.07, 6.45) is 2.40. The molecule has 1 aromatic rings. The number of amides is 1. The van der Waals surface area contributed by atoms with Crippen LogP contribution < -0.4 is 11.1 Å². The molecular weight excluding hydrogens is 200 g/mol. The van der Waals surface area contributed by atoms with Crippen molar-refractivity contribution in [3.8, 4) is 0 Å². The molecule has 0 atom stereocenters. The molecule has 1 aromatic carbocycles. The van der Waals surface area contributed by atoms with Crippen LogP contribution in [0.3, 0.4) is 0 Å². The molecule has 0 radical (unpaired) electrons. The maximum atomic E-state index is 11.0. The number of primary amides is 1. The minimum Gasteiger partial charge on any atom is -0.379 e. The van der Waals surface area contributed by atoms with Gasteiger partial charge in [0.2, 0.25) is 5.91 Å². The van der Waals surface area contributed by atoms with E-state index in [1.54, 1.807) is 0 Å². The predicted molar refractivity (Wildman–Crippen MR) is 64.5 cm³/mol. The Bertz CT molecular complexity index is 461. The van der Waals surface area contributed by atoms with Crippen LogP contribution in [0.2, 0.25) is 0 Å². The zero-order chi connectivity index (χ0) is 11.8. The van der Waals surface area contributed by atoms with Gasteiger partial charge in [-0.3, -0.25) is 4.79 Å². The minimum absolute atomic E-state index is 0.0460. The van der Waals surface area contributed by atoms with Crippen LogP contribution in [0.25, 0.3) is 5.70 Å². The molecule has 3 heteroatoms. The molecule has 1 heterocycles. The highest BCUT2D eigenvalue weighted by Crippen LogP contribution is 2.28. The van der Waals surface area contributed by atoms with Gasteiger partial charge >= 0.3 is 0 Å². The van der Waals surface area contributed by atoms with Crippen molar-refractivity contribution >= 4 is 11.6 Å². The molecule has 3 N–H and O–H groups in total. The van der Waals surface area contributed by atoms with Crippen molar-refractivity contribution < 1.29 is 4.79 Å². The zero-order valence-corrected chi connectivity index (χ0v) is 9.58. The molecule has 1 aliphatic rings. The predicted octanol–water partition coefficient (Wildman–Crippen LogP) is 1.44. The Morgan fingerprint density at radius 3 is 2.81 bits per heavy atom. The van der Waals surface area contributed by atoms with Gasteiger partial charge in [0.15, 0.2) is 0 Å². The fraction of sp³-hybridized carbons (Fsp3) is 0.308. The van der Waals surface area contributed by atoms with Gasteiger partial charge in [-0.25, -0.2) is 0 Å². The van der Waals surface area contributed by atoms with Crippen LogP contribution in [0.5, 0.6) is 0 Å². The van der Waals surface area contributed by atoms with Crippen molar-refractivity contribution in [3.63, 3.8) is 0 Å². The third kappa shape index (κ3) is 2.08. The lowest BCUT2D eigenvalue weighted by Gasteiger charge is -2.35. The van der Waals surface area contributed by atoms with Gasteiger partial charge in [0, 0.05) is 22.9 Å². The van der Waals surface area contributed by atoms with E-state index in [-0.39, 0.29) is 5.54 Å². The van der Waals surface area contributed by atoms with Gasteiger partial charge in [-0.05, 0) is 25.8 Å². The van der Waals surface area contributed by atoms with Crippen molar-refractivity contribution in [2.45, 2.75) is 25.8 Å². The maximum Gasteiger partial charge on any atom is 0.243 e. The Hall–Kier alpha value is -1.77. The fourth-order valence-corrected chi connectivity index (χ4v) is 2.15. The van der Waals surface area contributed by atoms with Crippen LogP contribution in [-0.4, -0.2) is 11.4 Å². The number of fused-ring (bicyclic) bond motifs is 1. The van der Waals surface area contributed by atoms with Gasteiger partial charge in [-0.15, -0.1) is 0 Å². The Labute approximate surface area is 95.3 Å². The summed E-state index contributed by atoms with van der Waals surface area (Å²) in [6.45, 7) is 4.22. The molecule has 1 amide bonds. The minimum atomic E-state index is -0.421. The van der Waals surface area contributed by atoms with Gasteiger partial charge in [-0.2, -0.15) is 0 Å². The van der Waals surface area contributed by atoms with E-state index in [1.807, 2.05) is 18.2 Å². The molecule has 1 aliphatic heterocycles. The average Bonchev–Trinajstić information content (AvgIpc) is 2.14. The summed E-state index contributed by atoms with van der Waals surface area (Å²) < 4.78 is 0. The molecule has 0 fully saturated rings. The molecule has 3 nitrogen and oxygen atoms in total. The highest BCUT2D eigenvalue weighted by molar-refractivity contribution is 5.94. The van der Waals surface area contributed by atoms with Gasteiger partial charge in [0.1, 0.15) is 0 Å². The molecule has 0 unspecified atom stereocenters. The second kappa shape index (κ2) is 3.67. The topological polar surface area (TPSA) is 55.1 Å². The van der Waals surface area contributed by atoms with E-state index < -0.39 is 5.91 Å². The van der Waals surface area contributed by atoms with Crippen LogP contribution in [0.15, 0.2) is 30.3 Å². The number of nitrogens with one attached hydrogen (secondary N) is 1. The molecule has 0 saturated carbocycles. The fourth-order valence-electron chi connectivity index (χ4n) is 2.15. The molecule has 0 aromatic heterocycles. The smallest absolute Gasteiger partial charge is 0.243 e. The first-order chi connectivity index (χ1) is 7.48. The average molecular weight is 216 g/mol. The molecule has 0 spiro atoms. The SMILES string of the molecule is CC1(C)Cc2ccccc2/C(=C/C(N)=O)N1. The van der Waals surface area contributed by atoms with Gasteiger partial charge < -0.3 is 11.1 Å². The summed E-state index contributed by atoms with van der Waals surface area (Å²) in [5.74, 6) is -0.421. The van der Waals surface area contributed by atoms with Crippen LogP contribution >= 0.6 is 0 Å². The summed E-state index contributed by atoms with van der Waals surface area (Å²) in [7, 11) is 0. The Morgan fingerprint density at radius 1 is 1.44 bits per heavy atom. The molecule has 2 rings (SSSR count). The molecular formula is C13H16N2O. The largest absolute Gasteiger partial charge is 0.379 e. The summed E-state index contributed by atoms with van der Waals surface area (Å²) >= 11 is 0. The highest BCUT2D eigenvalue weighted by atomic mass is 16.1. The Morgan fingerprint density at radius 2 is 2.12 bits per heavy atom. The Balaban J connectivity index is 2.52. The van der Waals surface area contributed by atoms with E-state index in [4.69, 9.17) is 5.73 Å². The number of nitrogens with two attached hydrogens (primary N) is 1. The lowest BCUT2D eigenvalue weighted by atomic mass is 9.86. The number of hydrogen-bond donors (Lipinski definition) is 2. The normalized spacial score (nSPS) is 20.0. The van der Waals surface area contributed by atoms with Crippen LogP contribution in [-0.2, 0) is 11.2 Å². The van der Waals surface area contributed by atoms with E-state index in [2.05, 4.69) is 25.2 Å². The molecule has 16 heavy (non-hydrogen) atoms. The van der Waals surface area contributed by atoms with Crippen LogP contribution in [0, 0.1) is 0 Å². The number of hydrogen-bond acceptors (Lipinski definition) is 2. The molecule has 0 saturated heterocycles. The van der Waals surface area contributed by atoms with Gasteiger partial charge in [0.05, 0.1) is 0 Å². The van der Waals surface area contributed by atoms with E-state index in [0.29, 0.717) is 0 Å². The second-order valence-electron chi connectivity index (χ2n) is 4.80. The monoisotopic (exact) mass is 216 g/mol. The summed E-state index contributed by atoms with van der Waals surface area (Å²) in [5.41, 5.74) is 8.31. The summed E-state index contributed by atoms with van der Waals surface area (Å²) in [5, 5.41) is 3.34. The first-order valence-electron chi connectivity index (χ1n) is 5.35. The first-order valence-corrected chi connectivity index (χ1v) is 5.35. The van der Waals surface area contributed by atoms with E-state index in [9.17, 15) is 4.79 Å². The number of carbonyl (C=O) groups excluding carboxylic acids is 1. The van der Waals surface area contributed by atoms with Crippen molar-refractivity contribution in [3.05, 3.63) is 41.5 Å². The number of carbonyl (C=O) groups is 1. The van der Waals surface area contributed by atoms with Crippen molar-refractivity contribution in [2.24, 2.45) is 5.73 Å². The van der Waals surface area contributed by atoms with E-state index in [1.165, 1.54) is 11.6 Å². The third-order valence-electron chi connectivity index (χ3n) is 2.70. The molecule has 84 valence electrons. The van der Waals surface area contributed by atoms with Crippen molar-refractivity contribution in [2.75, 3.05) is 0 Å². The lowest BCUT2D eigenvalue weighted by molar-refractivity contribution is -0.113. The Kier molecular flexibility index (Phi) is 2.46. The summed E-state index contributed by atoms with van der Waals surface area (Å²) in [4.78, 5) is 11.0. The lowest BCUT2D eigenvalue weighted by Crippen LogP contribution is -2.44. The van der Waals surface area contributed by atoms with Gasteiger partial charge in [-0.1, -0.05) is 24.3 Å². The van der Waals surface area contributed by atoms with E-state index in [0.717, 1.165) is 17.7 Å². The second-order valence-corrected chi connectivity index (χ2v) is 4.80. The standard InChI is InChI=1S/C13H16N2O/c1-13(2)8-9-5-3-4-6-10(9)11(15-13)7-12(14)16/h3-7,15H,8H2,1-2H3,(H2,14,16)/b11-7-. The maximum absolute atomic E-state index is 11.0. The summed E-state index contributed by atoms with van der Waals surface area (Å²) in [6, 6.07) is 8.08. The van der Waals surface area contributed by atoms with Crippen LogP contribution in [0.4, 0.5) is 0 Å². The molecule has 0 bridgehead atoms. The van der Waals surface area contributed by atoms with Crippen molar-refractivity contribution in [1.82, 2.24) is 5.32 Å². The van der Waals surface area contributed by atoms with E-state index >= 15 is 0 Å². The number of benzene rings is 1. The number of rotatable bonds is 1. The van der Waals surface area contributed by atoms with Gasteiger partial charge in [0.25, 0.3) is 0 Å². The highest BCUT2D eigenvalue weighted by Gasteiger charge is 2.27. The molecule has 0 aliphatic carbocycles.